The lowest BCUT2D eigenvalue weighted by atomic mass is 10.2. The molecule has 2 fully saturated rings. The molecular weight excluding hydrogens is 292 g/mol. The summed E-state index contributed by atoms with van der Waals surface area (Å²) >= 11 is 0. The first-order valence-electron chi connectivity index (χ1n) is 8.52. The number of para-hydroxylation sites is 1. The van der Waals surface area contributed by atoms with Gasteiger partial charge < -0.3 is 14.4 Å². The minimum atomic E-state index is 0.0813. The Hall–Kier alpha value is -1.59. The van der Waals surface area contributed by atoms with E-state index in [9.17, 15) is 4.79 Å². The SMILES string of the molecule is Cc1ccccc1OCC(=O)N1CCCN(C2CCOC2)CC1. The highest BCUT2D eigenvalue weighted by Crippen LogP contribution is 2.17. The summed E-state index contributed by atoms with van der Waals surface area (Å²) in [6.45, 7) is 7.41. The topological polar surface area (TPSA) is 42.0 Å². The van der Waals surface area contributed by atoms with Crippen molar-refractivity contribution in [2.24, 2.45) is 0 Å². The highest BCUT2D eigenvalue weighted by atomic mass is 16.5. The molecule has 1 amide bonds. The number of ether oxygens (including phenoxy) is 2. The van der Waals surface area contributed by atoms with Gasteiger partial charge in [-0.1, -0.05) is 18.2 Å². The fraction of sp³-hybridized carbons (Fsp3) is 0.611. The number of rotatable bonds is 4. The quantitative estimate of drug-likeness (QED) is 0.847. The van der Waals surface area contributed by atoms with E-state index in [4.69, 9.17) is 9.47 Å². The van der Waals surface area contributed by atoms with E-state index in [1.165, 1.54) is 0 Å². The molecule has 0 saturated carbocycles. The normalized spacial score (nSPS) is 22.8. The van der Waals surface area contributed by atoms with E-state index in [2.05, 4.69) is 4.90 Å². The highest BCUT2D eigenvalue weighted by Gasteiger charge is 2.26. The van der Waals surface area contributed by atoms with Crippen LogP contribution in [0.25, 0.3) is 0 Å². The van der Waals surface area contributed by atoms with Crippen LogP contribution in [0.2, 0.25) is 0 Å². The largest absolute Gasteiger partial charge is 0.484 e. The van der Waals surface area contributed by atoms with Crippen molar-refractivity contribution in [3.63, 3.8) is 0 Å². The first-order valence-corrected chi connectivity index (χ1v) is 8.52. The summed E-state index contributed by atoms with van der Waals surface area (Å²) in [6, 6.07) is 8.34. The molecule has 23 heavy (non-hydrogen) atoms. The Morgan fingerprint density at radius 3 is 2.91 bits per heavy atom. The van der Waals surface area contributed by atoms with Crippen molar-refractivity contribution in [1.82, 2.24) is 9.80 Å². The summed E-state index contributed by atoms with van der Waals surface area (Å²) in [4.78, 5) is 16.8. The molecule has 2 aliphatic rings. The zero-order valence-corrected chi connectivity index (χ0v) is 13.9. The summed E-state index contributed by atoms with van der Waals surface area (Å²) in [5.74, 6) is 0.873. The lowest BCUT2D eigenvalue weighted by Gasteiger charge is -2.26. The van der Waals surface area contributed by atoms with E-state index in [0.717, 1.165) is 63.5 Å². The van der Waals surface area contributed by atoms with Gasteiger partial charge in [0.1, 0.15) is 5.75 Å². The second-order valence-corrected chi connectivity index (χ2v) is 6.34. The van der Waals surface area contributed by atoms with Crippen molar-refractivity contribution in [2.45, 2.75) is 25.8 Å². The third-order valence-corrected chi connectivity index (χ3v) is 4.75. The molecular formula is C18H26N2O3. The van der Waals surface area contributed by atoms with Crippen LogP contribution in [0.4, 0.5) is 0 Å². The molecule has 0 bridgehead atoms. The van der Waals surface area contributed by atoms with Gasteiger partial charge in [0.2, 0.25) is 0 Å². The lowest BCUT2D eigenvalue weighted by Crippen LogP contribution is -2.41. The first kappa shape index (κ1) is 16.3. The first-order chi connectivity index (χ1) is 11.2. The van der Waals surface area contributed by atoms with E-state index < -0.39 is 0 Å². The molecule has 0 spiro atoms. The maximum atomic E-state index is 12.4. The van der Waals surface area contributed by atoms with Crippen molar-refractivity contribution in [2.75, 3.05) is 46.0 Å². The van der Waals surface area contributed by atoms with Gasteiger partial charge >= 0.3 is 0 Å². The summed E-state index contributed by atoms with van der Waals surface area (Å²) in [5.41, 5.74) is 1.06. The van der Waals surface area contributed by atoms with Crippen LogP contribution in [0.5, 0.6) is 5.75 Å². The fourth-order valence-electron chi connectivity index (χ4n) is 3.31. The zero-order chi connectivity index (χ0) is 16.1. The Balaban J connectivity index is 1.49. The third-order valence-electron chi connectivity index (χ3n) is 4.75. The number of hydrogen-bond donors (Lipinski definition) is 0. The molecule has 0 N–H and O–H groups in total. The van der Waals surface area contributed by atoms with E-state index >= 15 is 0 Å². The van der Waals surface area contributed by atoms with E-state index in [1.54, 1.807) is 0 Å². The van der Waals surface area contributed by atoms with E-state index in [0.29, 0.717) is 6.04 Å². The van der Waals surface area contributed by atoms with Gasteiger partial charge in [0, 0.05) is 38.8 Å². The summed E-state index contributed by atoms with van der Waals surface area (Å²) in [5, 5.41) is 0. The van der Waals surface area contributed by atoms with E-state index in [1.807, 2.05) is 36.1 Å². The van der Waals surface area contributed by atoms with Crippen molar-refractivity contribution < 1.29 is 14.3 Å². The predicted octanol–water partition coefficient (Wildman–Crippen LogP) is 1.70. The number of benzene rings is 1. The molecule has 2 saturated heterocycles. The van der Waals surface area contributed by atoms with Crippen LogP contribution in [0.15, 0.2) is 24.3 Å². The Kier molecular flexibility index (Phi) is 5.51. The predicted molar refractivity (Wildman–Crippen MR) is 88.7 cm³/mol. The van der Waals surface area contributed by atoms with Crippen molar-refractivity contribution in [1.29, 1.82) is 0 Å². The minimum Gasteiger partial charge on any atom is -0.484 e. The van der Waals surface area contributed by atoms with Crippen LogP contribution in [0, 0.1) is 6.92 Å². The average molecular weight is 318 g/mol. The van der Waals surface area contributed by atoms with Gasteiger partial charge in [0.15, 0.2) is 6.61 Å². The summed E-state index contributed by atoms with van der Waals surface area (Å²) < 4.78 is 11.2. The standard InChI is InChI=1S/C18H26N2O3/c1-15-5-2-3-6-17(15)23-14-18(21)20-9-4-8-19(10-11-20)16-7-12-22-13-16/h2-3,5-6,16H,4,7-14H2,1H3. The van der Waals surface area contributed by atoms with Crippen LogP contribution in [0.1, 0.15) is 18.4 Å². The Morgan fingerprint density at radius 1 is 1.26 bits per heavy atom. The highest BCUT2D eigenvalue weighted by molar-refractivity contribution is 5.77. The minimum absolute atomic E-state index is 0.0813. The maximum absolute atomic E-state index is 12.4. The van der Waals surface area contributed by atoms with Crippen LogP contribution in [-0.4, -0.2) is 67.7 Å². The molecule has 2 heterocycles. The van der Waals surface area contributed by atoms with Gasteiger partial charge in [-0.3, -0.25) is 9.69 Å². The van der Waals surface area contributed by atoms with Crippen molar-refractivity contribution in [3.8, 4) is 5.75 Å². The second kappa shape index (κ2) is 7.79. The number of carbonyl (C=O) groups is 1. The van der Waals surface area contributed by atoms with Crippen LogP contribution in [0.3, 0.4) is 0 Å². The molecule has 5 nitrogen and oxygen atoms in total. The third kappa shape index (κ3) is 4.24. The van der Waals surface area contributed by atoms with Crippen LogP contribution < -0.4 is 4.74 Å². The molecule has 1 aromatic carbocycles. The van der Waals surface area contributed by atoms with E-state index in [-0.39, 0.29) is 12.5 Å². The van der Waals surface area contributed by atoms with Crippen LogP contribution in [-0.2, 0) is 9.53 Å². The molecule has 126 valence electrons. The summed E-state index contributed by atoms with van der Waals surface area (Å²) in [7, 11) is 0. The molecule has 5 heteroatoms. The number of nitrogens with zero attached hydrogens (tertiary/aromatic N) is 2. The molecule has 2 aliphatic heterocycles. The molecule has 3 rings (SSSR count). The molecule has 0 aromatic heterocycles. The van der Waals surface area contributed by atoms with Crippen molar-refractivity contribution >= 4 is 5.91 Å². The van der Waals surface area contributed by atoms with Gasteiger partial charge in [-0.05, 0) is 31.4 Å². The monoisotopic (exact) mass is 318 g/mol. The smallest absolute Gasteiger partial charge is 0.260 e. The Bertz CT molecular complexity index is 529. The van der Waals surface area contributed by atoms with Gasteiger partial charge in [-0.15, -0.1) is 0 Å². The molecule has 1 unspecified atom stereocenters. The molecule has 1 aromatic rings. The van der Waals surface area contributed by atoms with Gasteiger partial charge in [0.05, 0.1) is 6.61 Å². The number of amides is 1. The Labute approximate surface area is 138 Å². The summed E-state index contributed by atoms with van der Waals surface area (Å²) in [6.07, 6.45) is 2.14. The average Bonchev–Trinajstić information content (AvgIpc) is 2.98. The van der Waals surface area contributed by atoms with Gasteiger partial charge in [-0.2, -0.15) is 0 Å². The van der Waals surface area contributed by atoms with Crippen molar-refractivity contribution in [3.05, 3.63) is 29.8 Å². The van der Waals surface area contributed by atoms with Crippen LogP contribution >= 0.6 is 0 Å². The van der Waals surface area contributed by atoms with Gasteiger partial charge in [0.25, 0.3) is 5.91 Å². The fourth-order valence-corrected chi connectivity index (χ4v) is 3.31. The molecule has 1 atom stereocenters. The second-order valence-electron chi connectivity index (χ2n) is 6.34. The number of hydrogen-bond acceptors (Lipinski definition) is 4. The lowest BCUT2D eigenvalue weighted by molar-refractivity contribution is -0.133. The maximum Gasteiger partial charge on any atom is 0.260 e. The zero-order valence-electron chi connectivity index (χ0n) is 13.9. The van der Waals surface area contributed by atoms with Gasteiger partial charge in [-0.25, -0.2) is 0 Å². The molecule has 0 aliphatic carbocycles. The molecule has 0 radical (unpaired) electrons. The number of aryl methyl sites for hydroxylation is 1. The Morgan fingerprint density at radius 2 is 2.13 bits per heavy atom. The number of carbonyl (C=O) groups excluding carboxylic acids is 1.